The van der Waals surface area contributed by atoms with Crippen LogP contribution < -0.4 is 9.84 Å². The molecule has 4 heteroatoms. The Morgan fingerprint density at radius 3 is 2.30 bits per heavy atom. The zero-order valence-corrected chi connectivity index (χ0v) is 13.2. The highest BCUT2D eigenvalue weighted by Gasteiger charge is 2.08. The summed E-state index contributed by atoms with van der Waals surface area (Å²) >= 11 is 0. The zero-order chi connectivity index (χ0) is 15.3. The molecular formula is C16H24NO3-. The number of para-hydroxylation sites is 1. The van der Waals surface area contributed by atoms with Gasteiger partial charge in [-0.2, -0.15) is 0 Å². The molecule has 0 radical (unpaired) electrons. The average Bonchev–Trinajstić information content (AvgIpc) is 2.25. The lowest BCUT2D eigenvalue weighted by Crippen LogP contribution is -2.33. The van der Waals surface area contributed by atoms with Crippen molar-refractivity contribution in [2.24, 2.45) is 4.99 Å². The molecule has 0 bridgehead atoms. The van der Waals surface area contributed by atoms with Crippen molar-refractivity contribution in [3.63, 3.8) is 0 Å². The molecule has 20 heavy (non-hydrogen) atoms. The molecule has 1 aromatic rings. The van der Waals surface area contributed by atoms with Gasteiger partial charge >= 0.3 is 0 Å². The summed E-state index contributed by atoms with van der Waals surface area (Å²) in [5, 5.41) is 11.6. The van der Waals surface area contributed by atoms with Crippen LogP contribution in [0.15, 0.2) is 23.2 Å². The molecule has 0 aliphatic heterocycles. The van der Waals surface area contributed by atoms with Crippen molar-refractivity contribution in [2.75, 3.05) is 6.61 Å². The van der Waals surface area contributed by atoms with E-state index in [1.807, 2.05) is 59.7 Å². The van der Waals surface area contributed by atoms with Gasteiger partial charge in [-0.05, 0) is 31.9 Å². The third-order valence-corrected chi connectivity index (χ3v) is 2.60. The van der Waals surface area contributed by atoms with Crippen LogP contribution in [0.4, 0.5) is 0 Å². The minimum atomic E-state index is -0.546. The fourth-order valence-corrected chi connectivity index (χ4v) is 1.74. The van der Waals surface area contributed by atoms with Gasteiger partial charge in [-0.1, -0.05) is 39.0 Å². The SMILES string of the molecule is Cc1cccc(C)c1OCC(C)N=C([O-])OC(C)(C)C. The molecule has 0 N–H and O–H groups in total. The van der Waals surface area contributed by atoms with Crippen molar-refractivity contribution in [1.82, 2.24) is 0 Å². The van der Waals surface area contributed by atoms with Gasteiger partial charge < -0.3 is 14.6 Å². The van der Waals surface area contributed by atoms with E-state index in [1.54, 1.807) is 0 Å². The molecule has 112 valence electrons. The van der Waals surface area contributed by atoms with Gasteiger partial charge in [0.2, 0.25) is 0 Å². The Balaban J connectivity index is 2.59. The van der Waals surface area contributed by atoms with Gasteiger partial charge in [-0.15, -0.1) is 0 Å². The number of rotatable bonds is 4. The summed E-state index contributed by atoms with van der Waals surface area (Å²) < 4.78 is 10.9. The van der Waals surface area contributed by atoms with E-state index in [-0.39, 0.29) is 6.04 Å². The summed E-state index contributed by atoms with van der Waals surface area (Å²) in [5.41, 5.74) is 1.64. The fourth-order valence-electron chi connectivity index (χ4n) is 1.74. The topological polar surface area (TPSA) is 53.9 Å². The molecule has 1 atom stereocenters. The number of hydrogen-bond acceptors (Lipinski definition) is 4. The van der Waals surface area contributed by atoms with Crippen molar-refractivity contribution in [1.29, 1.82) is 0 Å². The second kappa shape index (κ2) is 6.64. The smallest absolute Gasteiger partial charge is 0.146 e. The Hall–Kier alpha value is -1.71. The highest BCUT2D eigenvalue weighted by molar-refractivity contribution is 5.62. The van der Waals surface area contributed by atoms with Crippen LogP contribution in [0.2, 0.25) is 0 Å². The number of benzene rings is 1. The van der Waals surface area contributed by atoms with Crippen LogP contribution in [-0.2, 0) is 4.74 Å². The van der Waals surface area contributed by atoms with Crippen LogP contribution in [0.5, 0.6) is 5.75 Å². The Morgan fingerprint density at radius 2 is 1.80 bits per heavy atom. The summed E-state index contributed by atoms with van der Waals surface area (Å²) in [4.78, 5) is 3.95. The predicted octanol–water partition coefficient (Wildman–Crippen LogP) is 2.60. The van der Waals surface area contributed by atoms with Crippen molar-refractivity contribution in [3.05, 3.63) is 29.3 Å². The number of nitrogens with zero attached hydrogens (tertiary/aromatic N) is 1. The largest absolute Gasteiger partial charge is 0.595 e. The van der Waals surface area contributed by atoms with Crippen molar-refractivity contribution in [3.8, 4) is 5.75 Å². The van der Waals surface area contributed by atoms with Gasteiger partial charge in [0.05, 0.1) is 6.04 Å². The Kier molecular flexibility index (Phi) is 5.43. The maximum Gasteiger partial charge on any atom is 0.146 e. The molecule has 0 aromatic heterocycles. The third kappa shape index (κ3) is 5.51. The quantitative estimate of drug-likeness (QED) is 0.628. The summed E-state index contributed by atoms with van der Waals surface area (Å²) in [6, 6.07) is 5.74. The molecule has 0 heterocycles. The van der Waals surface area contributed by atoms with E-state index in [0.29, 0.717) is 6.61 Å². The summed E-state index contributed by atoms with van der Waals surface area (Å²) in [7, 11) is 0. The van der Waals surface area contributed by atoms with Crippen LogP contribution in [0.1, 0.15) is 38.8 Å². The van der Waals surface area contributed by atoms with E-state index in [4.69, 9.17) is 9.47 Å². The minimum absolute atomic E-state index is 0.246. The third-order valence-electron chi connectivity index (χ3n) is 2.60. The standard InChI is InChI=1S/C16H25NO3/c1-11-8-7-9-12(2)14(11)19-10-13(3)17-15(18)20-16(4,5)6/h7-9,13H,10H2,1-6H3,(H,17,18)/p-1. The predicted molar refractivity (Wildman–Crippen MR) is 79.1 cm³/mol. The Labute approximate surface area is 121 Å². The first-order valence-electron chi connectivity index (χ1n) is 6.82. The first-order valence-corrected chi connectivity index (χ1v) is 6.82. The highest BCUT2D eigenvalue weighted by atomic mass is 16.6. The van der Waals surface area contributed by atoms with E-state index in [9.17, 15) is 5.11 Å². The minimum Gasteiger partial charge on any atom is -0.595 e. The first kappa shape index (κ1) is 16.3. The van der Waals surface area contributed by atoms with Crippen molar-refractivity contribution < 1.29 is 14.6 Å². The van der Waals surface area contributed by atoms with E-state index < -0.39 is 11.7 Å². The van der Waals surface area contributed by atoms with Gasteiger partial charge in [-0.3, -0.25) is 4.99 Å². The van der Waals surface area contributed by atoms with E-state index in [1.165, 1.54) is 0 Å². The van der Waals surface area contributed by atoms with Gasteiger partial charge in [-0.25, -0.2) is 0 Å². The molecule has 4 nitrogen and oxygen atoms in total. The molecule has 1 rings (SSSR count). The molecular weight excluding hydrogens is 254 g/mol. The van der Waals surface area contributed by atoms with E-state index in [2.05, 4.69) is 4.99 Å². The molecule has 1 aromatic carbocycles. The molecule has 0 fully saturated rings. The lowest BCUT2D eigenvalue weighted by molar-refractivity contribution is -0.260. The Bertz CT molecular complexity index is 455. The number of ether oxygens (including phenoxy) is 2. The monoisotopic (exact) mass is 278 g/mol. The number of hydrogen-bond donors (Lipinski definition) is 0. The van der Waals surface area contributed by atoms with Crippen molar-refractivity contribution in [2.45, 2.75) is 53.2 Å². The maximum atomic E-state index is 11.6. The van der Waals surface area contributed by atoms with Crippen LogP contribution in [-0.4, -0.2) is 24.3 Å². The van der Waals surface area contributed by atoms with Crippen LogP contribution in [0, 0.1) is 13.8 Å². The lowest BCUT2D eigenvalue weighted by atomic mass is 10.1. The second-order valence-corrected chi connectivity index (χ2v) is 5.99. The van der Waals surface area contributed by atoms with Crippen LogP contribution in [0.3, 0.4) is 0 Å². The van der Waals surface area contributed by atoms with E-state index in [0.717, 1.165) is 16.9 Å². The highest BCUT2D eigenvalue weighted by Crippen LogP contribution is 2.22. The molecule has 0 spiro atoms. The summed E-state index contributed by atoms with van der Waals surface area (Å²) in [6.45, 7) is 11.6. The molecule has 0 saturated carbocycles. The summed E-state index contributed by atoms with van der Waals surface area (Å²) in [5.74, 6) is 0.860. The molecule has 0 amide bonds. The fraction of sp³-hybridized carbons (Fsp3) is 0.562. The molecule has 1 unspecified atom stereocenters. The van der Waals surface area contributed by atoms with Gasteiger partial charge in [0.1, 0.15) is 18.4 Å². The van der Waals surface area contributed by atoms with Gasteiger partial charge in [0.25, 0.3) is 0 Å². The van der Waals surface area contributed by atoms with Gasteiger partial charge in [0, 0.05) is 5.60 Å². The number of aliphatic imine (C=N–C) groups is 1. The summed E-state index contributed by atoms with van der Waals surface area (Å²) in [6.07, 6.45) is -0.546. The zero-order valence-electron chi connectivity index (χ0n) is 13.2. The first-order chi connectivity index (χ1) is 9.19. The molecule has 0 saturated heterocycles. The average molecular weight is 278 g/mol. The lowest BCUT2D eigenvalue weighted by Gasteiger charge is -2.30. The van der Waals surface area contributed by atoms with Gasteiger partial charge in [0.15, 0.2) is 0 Å². The van der Waals surface area contributed by atoms with Crippen LogP contribution >= 0.6 is 0 Å². The molecule has 0 aliphatic rings. The second-order valence-electron chi connectivity index (χ2n) is 5.99. The molecule has 0 aliphatic carbocycles. The Morgan fingerprint density at radius 1 is 1.25 bits per heavy atom. The van der Waals surface area contributed by atoms with Crippen LogP contribution in [0.25, 0.3) is 0 Å². The number of aryl methyl sites for hydroxylation is 2. The maximum absolute atomic E-state index is 11.6. The van der Waals surface area contributed by atoms with Crippen molar-refractivity contribution >= 4 is 6.08 Å². The normalized spacial score (nSPS) is 14.0. The van der Waals surface area contributed by atoms with E-state index >= 15 is 0 Å².